The number of carbonyl (C=O) groups excluding carboxylic acids is 1. The van der Waals surface area contributed by atoms with Crippen LogP contribution >= 0.6 is 0 Å². The molecule has 1 heterocycles. The molecule has 0 saturated carbocycles. The van der Waals surface area contributed by atoms with Crippen molar-refractivity contribution in [2.75, 3.05) is 19.8 Å². The van der Waals surface area contributed by atoms with E-state index in [1.807, 2.05) is 0 Å². The first-order valence-corrected chi connectivity index (χ1v) is 5.90. The highest BCUT2D eigenvalue weighted by molar-refractivity contribution is 6.02. The van der Waals surface area contributed by atoms with E-state index in [1.165, 1.54) is 6.07 Å². The van der Waals surface area contributed by atoms with Crippen LogP contribution in [0.3, 0.4) is 0 Å². The Morgan fingerprint density at radius 1 is 1.41 bits per heavy atom. The minimum Gasteiger partial charge on any atom is -0.378 e. The van der Waals surface area contributed by atoms with Crippen LogP contribution in [0.25, 0.3) is 0 Å². The molecule has 3 nitrogen and oxygen atoms in total. The summed E-state index contributed by atoms with van der Waals surface area (Å²) in [7, 11) is 0. The molecular weight excluding hydrogens is 221 g/mol. The molecule has 0 aromatic heterocycles. The number of nitrogens with one attached hydrogen (secondary N) is 1. The van der Waals surface area contributed by atoms with Crippen molar-refractivity contribution in [3.63, 3.8) is 0 Å². The lowest BCUT2D eigenvalue weighted by molar-refractivity contribution is 0.0522. The van der Waals surface area contributed by atoms with Crippen LogP contribution in [-0.2, 0) is 11.2 Å². The highest BCUT2D eigenvalue weighted by Gasteiger charge is 2.38. The minimum absolute atomic E-state index is 0.0167. The maximum absolute atomic E-state index is 13.6. The fourth-order valence-electron chi connectivity index (χ4n) is 2.68. The molecule has 1 aliphatic heterocycles. The standard InChI is InChI=1S/C13H14FNO2/c14-11-3-1-2-8-9(11)6-10(13(8)16)12-7-17-5-4-15-12/h1-3,10,12,15H,4-7H2. The Labute approximate surface area is 99.0 Å². The third kappa shape index (κ3) is 1.77. The molecule has 0 amide bonds. The van der Waals surface area contributed by atoms with Gasteiger partial charge in [0, 0.05) is 24.1 Å². The second kappa shape index (κ2) is 4.20. The van der Waals surface area contributed by atoms with E-state index in [0.717, 1.165) is 6.54 Å². The molecule has 0 spiro atoms. The summed E-state index contributed by atoms with van der Waals surface area (Å²) in [5, 5.41) is 3.28. The number of halogens is 1. The van der Waals surface area contributed by atoms with Crippen molar-refractivity contribution in [2.45, 2.75) is 12.5 Å². The lowest BCUT2D eigenvalue weighted by atomic mass is 9.95. The van der Waals surface area contributed by atoms with Gasteiger partial charge >= 0.3 is 0 Å². The molecule has 1 aromatic carbocycles. The molecule has 17 heavy (non-hydrogen) atoms. The Balaban J connectivity index is 1.88. The number of hydrogen-bond acceptors (Lipinski definition) is 3. The zero-order chi connectivity index (χ0) is 11.8. The van der Waals surface area contributed by atoms with Gasteiger partial charge < -0.3 is 10.1 Å². The summed E-state index contributed by atoms with van der Waals surface area (Å²) in [6.45, 7) is 1.97. The SMILES string of the molecule is O=C1c2cccc(F)c2CC1C1COCCN1. The molecule has 3 rings (SSSR count). The highest BCUT2D eigenvalue weighted by atomic mass is 19.1. The third-order valence-corrected chi connectivity index (χ3v) is 3.58. The van der Waals surface area contributed by atoms with E-state index in [2.05, 4.69) is 5.32 Å². The van der Waals surface area contributed by atoms with Crippen molar-refractivity contribution in [3.05, 3.63) is 35.1 Å². The number of ketones is 1. The maximum atomic E-state index is 13.6. The van der Waals surface area contributed by atoms with E-state index in [0.29, 0.717) is 30.8 Å². The summed E-state index contributed by atoms with van der Waals surface area (Å²) in [6.07, 6.45) is 0.488. The Bertz CT molecular complexity index is 455. The monoisotopic (exact) mass is 235 g/mol. The average molecular weight is 235 g/mol. The van der Waals surface area contributed by atoms with Crippen LogP contribution in [0.2, 0.25) is 0 Å². The Hall–Kier alpha value is -1.26. The van der Waals surface area contributed by atoms with Gasteiger partial charge in [0.2, 0.25) is 0 Å². The lowest BCUT2D eigenvalue weighted by Crippen LogP contribution is -2.47. The normalized spacial score (nSPS) is 28.2. The third-order valence-electron chi connectivity index (χ3n) is 3.58. The van der Waals surface area contributed by atoms with E-state index in [4.69, 9.17) is 4.74 Å². The summed E-state index contributed by atoms with van der Waals surface area (Å²) in [5.41, 5.74) is 1.11. The van der Waals surface area contributed by atoms with Crippen molar-refractivity contribution >= 4 is 5.78 Å². The van der Waals surface area contributed by atoms with Crippen LogP contribution in [0.5, 0.6) is 0 Å². The fraction of sp³-hybridized carbons (Fsp3) is 0.462. The van der Waals surface area contributed by atoms with Crippen LogP contribution in [0.4, 0.5) is 4.39 Å². The summed E-state index contributed by atoms with van der Waals surface area (Å²) in [5.74, 6) is -0.403. The lowest BCUT2D eigenvalue weighted by Gasteiger charge is -2.27. The summed E-state index contributed by atoms with van der Waals surface area (Å²) >= 11 is 0. The number of rotatable bonds is 1. The summed E-state index contributed by atoms with van der Waals surface area (Å²) in [6, 6.07) is 4.74. The van der Waals surface area contributed by atoms with Crippen molar-refractivity contribution in [1.82, 2.24) is 5.32 Å². The first-order chi connectivity index (χ1) is 8.27. The van der Waals surface area contributed by atoms with E-state index in [1.54, 1.807) is 12.1 Å². The predicted molar refractivity (Wildman–Crippen MR) is 60.5 cm³/mol. The maximum Gasteiger partial charge on any atom is 0.168 e. The van der Waals surface area contributed by atoms with Crippen LogP contribution in [0, 0.1) is 11.7 Å². The van der Waals surface area contributed by atoms with Crippen LogP contribution < -0.4 is 5.32 Å². The Kier molecular flexibility index (Phi) is 2.68. The van der Waals surface area contributed by atoms with Gasteiger partial charge in [-0.15, -0.1) is 0 Å². The van der Waals surface area contributed by atoms with Gasteiger partial charge in [0.1, 0.15) is 5.82 Å². The zero-order valence-electron chi connectivity index (χ0n) is 9.41. The van der Waals surface area contributed by atoms with Gasteiger partial charge in [-0.05, 0) is 18.1 Å². The Morgan fingerprint density at radius 2 is 2.29 bits per heavy atom. The van der Waals surface area contributed by atoms with E-state index in [9.17, 15) is 9.18 Å². The van der Waals surface area contributed by atoms with Gasteiger partial charge in [0.15, 0.2) is 5.78 Å². The number of fused-ring (bicyclic) bond motifs is 1. The van der Waals surface area contributed by atoms with Gasteiger partial charge in [-0.25, -0.2) is 4.39 Å². The molecule has 0 radical (unpaired) electrons. The molecule has 0 bridgehead atoms. The van der Waals surface area contributed by atoms with Gasteiger partial charge in [-0.1, -0.05) is 12.1 Å². The summed E-state index contributed by atoms with van der Waals surface area (Å²) < 4.78 is 19.0. The van der Waals surface area contributed by atoms with Gasteiger partial charge in [-0.3, -0.25) is 4.79 Å². The largest absolute Gasteiger partial charge is 0.378 e. The van der Waals surface area contributed by atoms with Crippen LogP contribution in [0.15, 0.2) is 18.2 Å². The van der Waals surface area contributed by atoms with E-state index < -0.39 is 0 Å². The number of Topliss-reactive ketones (excluding diaryl/α,β-unsaturated/α-hetero) is 1. The fourth-order valence-corrected chi connectivity index (χ4v) is 2.68. The molecule has 2 unspecified atom stereocenters. The van der Waals surface area contributed by atoms with Crippen molar-refractivity contribution in [1.29, 1.82) is 0 Å². The number of ether oxygens (including phenoxy) is 1. The first-order valence-electron chi connectivity index (χ1n) is 5.90. The van der Waals surface area contributed by atoms with Crippen LogP contribution in [0.1, 0.15) is 15.9 Å². The molecule has 1 saturated heterocycles. The number of morpholine rings is 1. The zero-order valence-corrected chi connectivity index (χ0v) is 9.41. The van der Waals surface area contributed by atoms with Crippen molar-refractivity contribution in [2.24, 2.45) is 5.92 Å². The second-order valence-electron chi connectivity index (χ2n) is 4.58. The number of carbonyl (C=O) groups is 1. The molecule has 2 atom stereocenters. The highest BCUT2D eigenvalue weighted by Crippen LogP contribution is 2.31. The Morgan fingerprint density at radius 3 is 3.00 bits per heavy atom. The molecule has 1 aromatic rings. The smallest absolute Gasteiger partial charge is 0.168 e. The van der Waals surface area contributed by atoms with Gasteiger partial charge in [-0.2, -0.15) is 0 Å². The topological polar surface area (TPSA) is 38.3 Å². The number of hydrogen-bond donors (Lipinski definition) is 1. The molecule has 2 aliphatic rings. The van der Waals surface area contributed by atoms with Crippen LogP contribution in [-0.4, -0.2) is 31.6 Å². The molecule has 1 fully saturated rings. The first kappa shape index (κ1) is 10.9. The minimum atomic E-state index is -0.268. The van der Waals surface area contributed by atoms with Gasteiger partial charge in [0.25, 0.3) is 0 Å². The molecule has 90 valence electrons. The molecule has 1 N–H and O–H groups in total. The van der Waals surface area contributed by atoms with Gasteiger partial charge in [0.05, 0.1) is 13.2 Å². The molecule has 1 aliphatic carbocycles. The van der Waals surface area contributed by atoms with Crippen molar-refractivity contribution in [3.8, 4) is 0 Å². The van der Waals surface area contributed by atoms with E-state index in [-0.39, 0.29) is 23.6 Å². The van der Waals surface area contributed by atoms with Crippen molar-refractivity contribution < 1.29 is 13.9 Å². The number of benzene rings is 1. The average Bonchev–Trinajstić information content (AvgIpc) is 2.70. The second-order valence-corrected chi connectivity index (χ2v) is 4.58. The quantitative estimate of drug-likeness (QED) is 0.794. The molecule has 4 heteroatoms. The predicted octanol–water partition coefficient (Wildman–Crippen LogP) is 1.17. The molecular formula is C13H14FNO2. The summed E-state index contributed by atoms with van der Waals surface area (Å²) in [4.78, 5) is 12.2. The van der Waals surface area contributed by atoms with E-state index >= 15 is 0 Å².